The summed E-state index contributed by atoms with van der Waals surface area (Å²) in [5, 5.41) is 0. The molecule has 44 valence electrons. The van der Waals surface area contributed by atoms with Crippen LogP contribution in [-0.2, 0) is 56.8 Å². The average Bonchev–Trinajstić information content (AvgIpc) is 1.84. The molecule has 8 heavy (non-hydrogen) atoms. The molecule has 0 aliphatic rings. The van der Waals surface area contributed by atoms with Crippen molar-refractivity contribution >= 4 is 11.9 Å². The molecule has 4 nitrogen and oxygen atoms in total. The van der Waals surface area contributed by atoms with Crippen LogP contribution in [0.4, 0.5) is 0 Å². The summed E-state index contributed by atoms with van der Waals surface area (Å²) in [6.07, 6.45) is 0. The van der Waals surface area contributed by atoms with Crippen molar-refractivity contribution in [1.82, 2.24) is 0 Å². The number of hydrogen-bond donors (Lipinski definition) is 0. The quantitative estimate of drug-likeness (QED) is 0.422. The number of carbonyl (C=O) groups excluding carboxylic acids is 2. The fourth-order valence-corrected chi connectivity index (χ4v) is 0.403. The van der Waals surface area contributed by atoms with Gasteiger partial charge in [-0.2, -0.15) is 0 Å². The van der Waals surface area contributed by atoms with Crippen LogP contribution >= 0.6 is 0 Å². The van der Waals surface area contributed by atoms with Crippen molar-refractivity contribution in [2.75, 3.05) is 0 Å². The van der Waals surface area contributed by atoms with Gasteiger partial charge < -0.3 is 0 Å². The van der Waals surface area contributed by atoms with Gasteiger partial charge >= 0.3 is 68.7 Å². The van der Waals surface area contributed by atoms with Crippen LogP contribution in [0.1, 0.15) is 0 Å². The van der Waals surface area contributed by atoms with Gasteiger partial charge in [-0.25, -0.2) is 0 Å². The van der Waals surface area contributed by atoms with Crippen LogP contribution in [-0.4, -0.2) is 11.9 Å². The molecule has 0 fully saturated rings. The van der Waals surface area contributed by atoms with Crippen molar-refractivity contribution in [2.24, 2.45) is 0 Å². The van der Waals surface area contributed by atoms with Gasteiger partial charge in [0.1, 0.15) is 0 Å². The monoisotopic (exact) mass is 284 g/mol. The fraction of sp³-hybridized carbons (Fsp3) is 0. The van der Waals surface area contributed by atoms with E-state index in [0.29, 0.717) is 0 Å². The van der Waals surface area contributed by atoms with E-state index in [0.717, 1.165) is 40.4 Å². The van der Waals surface area contributed by atoms with Crippen LogP contribution in [0.15, 0.2) is 0 Å². The summed E-state index contributed by atoms with van der Waals surface area (Å²) in [6.45, 7) is 0. The molecular formula is C2Mo2O4. The number of hydrogen-bond acceptors (Lipinski definition) is 4. The molecule has 0 spiro atoms. The summed E-state index contributed by atoms with van der Waals surface area (Å²) in [5.41, 5.74) is 0. The summed E-state index contributed by atoms with van der Waals surface area (Å²) in [7, 11) is 0. The summed E-state index contributed by atoms with van der Waals surface area (Å²) in [5.74, 6) is -1.94. The first-order valence-electron chi connectivity index (χ1n) is 1.40. The molecule has 0 unspecified atom stereocenters. The first-order valence-corrected chi connectivity index (χ1v) is 3.04. The summed E-state index contributed by atoms with van der Waals surface area (Å²) >= 11 is 2.10. The normalized spacial score (nSPS) is 7.50. The van der Waals surface area contributed by atoms with Crippen molar-refractivity contribution in [2.45, 2.75) is 0 Å². The third-order valence-electron chi connectivity index (χ3n) is 0.318. The molecule has 0 radical (unpaired) electrons. The molecule has 0 aromatic heterocycles. The van der Waals surface area contributed by atoms with E-state index in [9.17, 15) is 9.59 Å². The van der Waals surface area contributed by atoms with Crippen molar-refractivity contribution in [3.63, 3.8) is 0 Å². The SMILES string of the molecule is O=C([O][Mo])C(=O)[O][Mo]. The predicted octanol–water partition coefficient (Wildman–Crippen LogP) is -1.00. The van der Waals surface area contributed by atoms with Crippen LogP contribution in [0.25, 0.3) is 0 Å². The average molecular weight is 280 g/mol. The van der Waals surface area contributed by atoms with E-state index in [4.69, 9.17) is 0 Å². The third kappa shape index (κ3) is 2.58. The zero-order valence-electron chi connectivity index (χ0n) is 3.45. The molecule has 0 aromatic rings. The van der Waals surface area contributed by atoms with Gasteiger partial charge in [-0.3, -0.25) is 0 Å². The Labute approximate surface area is 68.6 Å². The van der Waals surface area contributed by atoms with Gasteiger partial charge in [-0.1, -0.05) is 0 Å². The van der Waals surface area contributed by atoms with Crippen LogP contribution < -0.4 is 0 Å². The number of carbonyl (C=O) groups is 2. The summed E-state index contributed by atoms with van der Waals surface area (Å²) in [4.78, 5) is 20.1. The van der Waals surface area contributed by atoms with Crippen LogP contribution in [0.5, 0.6) is 0 Å². The molecule has 0 heterocycles. The minimum atomic E-state index is -0.972. The van der Waals surface area contributed by atoms with E-state index >= 15 is 0 Å². The molecule has 0 amide bonds. The van der Waals surface area contributed by atoms with Crippen LogP contribution in [0, 0.1) is 0 Å². The van der Waals surface area contributed by atoms with Gasteiger partial charge in [-0.15, -0.1) is 0 Å². The first-order chi connectivity index (χ1) is 3.72. The Hall–Kier alpha value is 0.317. The molecular weight excluding hydrogens is 280 g/mol. The van der Waals surface area contributed by atoms with E-state index < -0.39 is 11.9 Å². The second-order valence-electron chi connectivity index (χ2n) is 0.742. The number of rotatable bonds is 0. The van der Waals surface area contributed by atoms with Gasteiger partial charge in [0.15, 0.2) is 0 Å². The maximum atomic E-state index is 10.1. The summed E-state index contributed by atoms with van der Waals surface area (Å²) in [6, 6.07) is 0. The molecule has 0 rings (SSSR count). The van der Waals surface area contributed by atoms with E-state index in [2.05, 4.69) is 6.78 Å². The summed E-state index contributed by atoms with van der Waals surface area (Å²) < 4.78 is 8.00. The van der Waals surface area contributed by atoms with E-state index in [1.807, 2.05) is 0 Å². The topological polar surface area (TPSA) is 52.6 Å². The molecule has 0 saturated heterocycles. The van der Waals surface area contributed by atoms with Gasteiger partial charge in [0.05, 0.1) is 0 Å². The van der Waals surface area contributed by atoms with Crippen LogP contribution in [0.2, 0.25) is 0 Å². The van der Waals surface area contributed by atoms with Gasteiger partial charge in [0.2, 0.25) is 0 Å². The Morgan fingerprint density at radius 3 is 1.38 bits per heavy atom. The minimum absolute atomic E-state index is 0.972. The Morgan fingerprint density at radius 1 is 1.00 bits per heavy atom. The first kappa shape index (κ1) is 8.32. The molecule has 6 heteroatoms. The third-order valence-corrected chi connectivity index (χ3v) is 1.06. The van der Waals surface area contributed by atoms with Crippen molar-refractivity contribution in [1.29, 1.82) is 0 Å². The van der Waals surface area contributed by atoms with Gasteiger partial charge in [0, 0.05) is 0 Å². The van der Waals surface area contributed by atoms with Crippen LogP contribution in [0.3, 0.4) is 0 Å². The van der Waals surface area contributed by atoms with Crippen molar-refractivity contribution < 1.29 is 56.8 Å². The standard InChI is InChI=1S/C2H2O4.2Mo/c3-1(4)2(5)6;;/h(H,3,4)(H,5,6);;/q;2*+1/p-2. The Bertz CT molecular complexity index is 96.6. The van der Waals surface area contributed by atoms with Gasteiger partial charge in [-0.05, 0) is 0 Å². The zero-order valence-corrected chi connectivity index (χ0v) is 7.46. The molecule has 0 aromatic carbocycles. The molecule has 0 N–H and O–H groups in total. The zero-order chi connectivity index (χ0) is 6.57. The molecule has 0 atom stereocenters. The predicted molar refractivity (Wildman–Crippen MR) is 12.2 cm³/mol. The second kappa shape index (κ2) is 4.22. The van der Waals surface area contributed by atoms with E-state index in [-0.39, 0.29) is 0 Å². The van der Waals surface area contributed by atoms with Gasteiger partial charge in [0.25, 0.3) is 0 Å². The van der Waals surface area contributed by atoms with E-state index in [1.165, 1.54) is 0 Å². The fourth-order valence-electron chi connectivity index (χ4n) is 0.0680. The maximum absolute atomic E-state index is 10.1. The van der Waals surface area contributed by atoms with Crippen molar-refractivity contribution in [3.8, 4) is 0 Å². The molecule has 0 aliphatic carbocycles. The molecule has 0 aliphatic heterocycles. The van der Waals surface area contributed by atoms with Crippen molar-refractivity contribution in [3.05, 3.63) is 0 Å². The second-order valence-corrected chi connectivity index (χ2v) is 1.56. The Kier molecular flexibility index (Phi) is 4.39. The Morgan fingerprint density at radius 2 is 1.25 bits per heavy atom. The molecule has 0 saturated carbocycles. The van der Waals surface area contributed by atoms with E-state index in [1.54, 1.807) is 0 Å². The Balaban J connectivity index is 3.64. The molecule has 0 bridgehead atoms.